The summed E-state index contributed by atoms with van der Waals surface area (Å²) in [5.74, 6) is 0. The second-order valence-electron chi connectivity index (χ2n) is 9.92. The van der Waals surface area contributed by atoms with Crippen molar-refractivity contribution in [2.45, 2.75) is 63.5 Å². The summed E-state index contributed by atoms with van der Waals surface area (Å²) in [5, 5.41) is 0.883. The number of aromatic amines is 1. The minimum atomic E-state index is -3.83. The molecule has 1 fully saturated rings. The van der Waals surface area contributed by atoms with Gasteiger partial charge < -0.3 is 9.72 Å². The zero-order valence-electron chi connectivity index (χ0n) is 19.7. The summed E-state index contributed by atoms with van der Waals surface area (Å²) in [4.78, 5) is 15.9. The first kappa shape index (κ1) is 23.7. The molecule has 2 aromatic carbocycles. The van der Waals surface area contributed by atoms with E-state index in [0.29, 0.717) is 12.2 Å². The van der Waals surface area contributed by atoms with Crippen LogP contribution in [-0.4, -0.2) is 37.0 Å². The van der Waals surface area contributed by atoms with Gasteiger partial charge in [-0.05, 0) is 66.5 Å². The fourth-order valence-electron chi connectivity index (χ4n) is 4.22. The fraction of sp³-hybridized carbons (Fsp3) is 0.423. The van der Waals surface area contributed by atoms with Gasteiger partial charge in [-0.3, -0.25) is 4.79 Å². The topological polar surface area (TPSA) is 79.5 Å². The van der Waals surface area contributed by atoms with Crippen molar-refractivity contribution in [2.75, 3.05) is 13.2 Å². The Bertz CT molecular complexity index is 1300. The predicted octanol–water partition coefficient (Wildman–Crippen LogP) is 4.50. The third kappa shape index (κ3) is 5.21. The molecule has 6 nitrogen and oxygen atoms in total. The molecule has 1 saturated heterocycles. The van der Waals surface area contributed by atoms with Crippen molar-refractivity contribution < 1.29 is 13.2 Å². The SMILES string of the molecule is Cc1ccc2[nH]c(=O)c(CN(C[C@@H]3CCCO3)S(=O)(=O)c3ccc(C(C)(C)C)cc3)cc2c1. The Labute approximate surface area is 195 Å². The molecule has 2 heterocycles. The van der Waals surface area contributed by atoms with Crippen LogP contribution in [0.3, 0.4) is 0 Å². The largest absolute Gasteiger partial charge is 0.377 e. The predicted molar refractivity (Wildman–Crippen MR) is 131 cm³/mol. The molecule has 1 N–H and O–H groups in total. The van der Waals surface area contributed by atoms with Gasteiger partial charge in [0.15, 0.2) is 0 Å². The number of hydrogen-bond donors (Lipinski definition) is 1. The fourth-order valence-corrected chi connectivity index (χ4v) is 5.67. The van der Waals surface area contributed by atoms with Crippen molar-refractivity contribution in [1.82, 2.24) is 9.29 Å². The minimum absolute atomic E-state index is 0.0115. The van der Waals surface area contributed by atoms with Crippen LogP contribution in [0.1, 0.15) is 50.3 Å². The Morgan fingerprint density at radius 1 is 1.09 bits per heavy atom. The third-order valence-electron chi connectivity index (χ3n) is 6.21. The number of aryl methyl sites for hydroxylation is 1. The molecule has 0 bridgehead atoms. The van der Waals surface area contributed by atoms with Crippen molar-refractivity contribution in [2.24, 2.45) is 0 Å². The molecule has 0 spiro atoms. The molecular weight excluding hydrogens is 436 g/mol. The molecular formula is C26H32N2O4S. The van der Waals surface area contributed by atoms with Crippen molar-refractivity contribution in [3.63, 3.8) is 0 Å². The molecule has 1 atom stereocenters. The van der Waals surface area contributed by atoms with Crippen LogP contribution in [-0.2, 0) is 26.7 Å². The van der Waals surface area contributed by atoms with Gasteiger partial charge in [0.05, 0.1) is 11.0 Å². The van der Waals surface area contributed by atoms with Crippen LogP contribution < -0.4 is 5.56 Å². The highest BCUT2D eigenvalue weighted by Crippen LogP contribution is 2.26. The molecule has 4 rings (SSSR count). The first-order valence-corrected chi connectivity index (χ1v) is 12.8. The van der Waals surface area contributed by atoms with Gasteiger partial charge in [0, 0.05) is 30.8 Å². The second kappa shape index (κ2) is 9.05. The highest BCUT2D eigenvalue weighted by Gasteiger charge is 2.30. The van der Waals surface area contributed by atoms with E-state index in [2.05, 4.69) is 25.8 Å². The minimum Gasteiger partial charge on any atom is -0.377 e. The number of sulfonamides is 1. The van der Waals surface area contributed by atoms with Crippen molar-refractivity contribution in [3.05, 3.63) is 75.6 Å². The number of rotatable bonds is 6. The quantitative estimate of drug-likeness (QED) is 0.578. The number of ether oxygens (including phenoxy) is 1. The van der Waals surface area contributed by atoms with E-state index < -0.39 is 10.0 Å². The Balaban J connectivity index is 1.71. The summed E-state index contributed by atoms with van der Waals surface area (Å²) >= 11 is 0. The van der Waals surface area contributed by atoms with E-state index in [0.717, 1.165) is 34.9 Å². The lowest BCUT2D eigenvalue weighted by Gasteiger charge is -2.25. The van der Waals surface area contributed by atoms with Crippen molar-refractivity contribution in [3.8, 4) is 0 Å². The zero-order valence-corrected chi connectivity index (χ0v) is 20.5. The lowest BCUT2D eigenvalue weighted by atomic mass is 9.87. The number of hydrogen-bond acceptors (Lipinski definition) is 4. The molecule has 1 aliphatic rings. The molecule has 0 unspecified atom stereocenters. The monoisotopic (exact) mass is 468 g/mol. The summed E-state index contributed by atoms with van der Waals surface area (Å²) in [6, 6.07) is 14.6. The van der Waals surface area contributed by atoms with Gasteiger partial charge in [-0.15, -0.1) is 0 Å². The van der Waals surface area contributed by atoms with Gasteiger partial charge in [0.25, 0.3) is 5.56 Å². The number of nitrogens with zero attached hydrogens (tertiary/aromatic N) is 1. The summed E-state index contributed by atoms with van der Waals surface area (Å²) < 4.78 is 34.5. The summed E-state index contributed by atoms with van der Waals surface area (Å²) in [6.45, 7) is 9.10. The lowest BCUT2D eigenvalue weighted by molar-refractivity contribution is 0.0925. The second-order valence-corrected chi connectivity index (χ2v) is 11.9. The number of pyridine rings is 1. The van der Waals surface area contributed by atoms with Crippen LogP contribution >= 0.6 is 0 Å². The number of H-pyrrole nitrogens is 1. The van der Waals surface area contributed by atoms with E-state index in [1.807, 2.05) is 37.3 Å². The van der Waals surface area contributed by atoms with E-state index >= 15 is 0 Å². The van der Waals surface area contributed by atoms with Gasteiger partial charge in [-0.1, -0.05) is 44.5 Å². The zero-order chi connectivity index (χ0) is 23.8. The molecule has 1 aliphatic heterocycles. The highest BCUT2D eigenvalue weighted by molar-refractivity contribution is 7.89. The summed E-state index contributed by atoms with van der Waals surface area (Å²) in [6.07, 6.45) is 1.55. The average Bonchev–Trinajstić information content (AvgIpc) is 3.27. The van der Waals surface area contributed by atoms with Gasteiger partial charge in [0.1, 0.15) is 0 Å². The number of benzene rings is 2. The molecule has 3 aromatic rings. The van der Waals surface area contributed by atoms with Crippen molar-refractivity contribution in [1.29, 1.82) is 0 Å². The van der Waals surface area contributed by atoms with Gasteiger partial charge >= 0.3 is 0 Å². The highest BCUT2D eigenvalue weighted by atomic mass is 32.2. The van der Waals surface area contributed by atoms with Crippen LogP contribution in [0.25, 0.3) is 10.9 Å². The van der Waals surface area contributed by atoms with Crippen LogP contribution in [0, 0.1) is 6.92 Å². The van der Waals surface area contributed by atoms with E-state index in [1.165, 1.54) is 4.31 Å². The number of aromatic nitrogens is 1. The maximum atomic E-state index is 13.7. The molecule has 0 aliphatic carbocycles. The standard InChI is InChI=1S/C26H32N2O4S/c1-18-7-12-24-19(14-18)15-20(25(29)27-24)16-28(17-22-6-5-13-32-22)33(30,31)23-10-8-21(9-11-23)26(2,3)4/h7-12,14-15,22H,5-6,13,16-17H2,1-4H3,(H,27,29)/t22-/m0/s1. The molecule has 0 saturated carbocycles. The van der Waals surface area contributed by atoms with Gasteiger partial charge in [-0.25, -0.2) is 8.42 Å². The van der Waals surface area contributed by atoms with Crippen LogP contribution in [0.2, 0.25) is 0 Å². The molecule has 176 valence electrons. The molecule has 33 heavy (non-hydrogen) atoms. The average molecular weight is 469 g/mol. The normalized spacial score (nSPS) is 17.2. The Hall–Kier alpha value is -2.48. The molecule has 0 amide bonds. The maximum Gasteiger partial charge on any atom is 0.252 e. The van der Waals surface area contributed by atoms with Crippen LogP contribution in [0.4, 0.5) is 0 Å². The maximum absolute atomic E-state index is 13.7. The first-order valence-electron chi connectivity index (χ1n) is 11.4. The van der Waals surface area contributed by atoms with Gasteiger partial charge in [-0.2, -0.15) is 4.31 Å². The molecule has 7 heteroatoms. The van der Waals surface area contributed by atoms with Crippen molar-refractivity contribution >= 4 is 20.9 Å². The van der Waals surface area contributed by atoms with Crippen LogP contribution in [0.5, 0.6) is 0 Å². The smallest absolute Gasteiger partial charge is 0.252 e. The first-order chi connectivity index (χ1) is 15.5. The van der Waals surface area contributed by atoms with E-state index in [4.69, 9.17) is 4.74 Å². The Morgan fingerprint density at radius 3 is 2.45 bits per heavy atom. The summed E-state index contributed by atoms with van der Waals surface area (Å²) in [5.41, 5.74) is 2.94. The third-order valence-corrected chi connectivity index (χ3v) is 8.04. The Kier molecular flexibility index (Phi) is 6.49. The number of fused-ring (bicyclic) bond motifs is 1. The van der Waals surface area contributed by atoms with E-state index in [-0.39, 0.29) is 35.1 Å². The van der Waals surface area contributed by atoms with E-state index in [1.54, 1.807) is 18.2 Å². The Morgan fingerprint density at radius 2 is 1.82 bits per heavy atom. The van der Waals surface area contributed by atoms with Crippen LogP contribution in [0.15, 0.2) is 58.2 Å². The summed E-state index contributed by atoms with van der Waals surface area (Å²) in [7, 11) is -3.83. The van der Waals surface area contributed by atoms with E-state index in [9.17, 15) is 13.2 Å². The number of nitrogens with one attached hydrogen (secondary N) is 1. The van der Waals surface area contributed by atoms with Gasteiger partial charge in [0.2, 0.25) is 10.0 Å². The lowest BCUT2D eigenvalue weighted by Crippen LogP contribution is -2.38. The molecule has 0 radical (unpaired) electrons. The molecule has 1 aromatic heterocycles.